The van der Waals surface area contributed by atoms with Gasteiger partial charge >= 0.3 is 0 Å². The van der Waals surface area contributed by atoms with Crippen molar-refractivity contribution in [3.8, 4) is 0 Å². The third-order valence-electron chi connectivity index (χ3n) is 6.13. The molecule has 1 rings (SSSR count). The second kappa shape index (κ2) is 19.9. The molecule has 0 unspecified atom stereocenters. The fourth-order valence-electron chi connectivity index (χ4n) is 4.28. The van der Waals surface area contributed by atoms with Crippen molar-refractivity contribution in [2.24, 2.45) is 0 Å². The number of benzene rings is 1. The Bertz CT molecular complexity index is 461. The summed E-state index contributed by atoms with van der Waals surface area (Å²) in [6, 6.07) is 7.04. The fourth-order valence-corrected chi connectivity index (χ4v) is 4.28. The maximum atomic E-state index is 9.16. The molecule has 0 aromatic heterocycles. The molecule has 1 aromatic rings. The lowest BCUT2D eigenvalue weighted by Gasteiger charge is -2.12. The molecule has 0 saturated heterocycles. The van der Waals surface area contributed by atoms with Crippen LogP contribution in [0.3, 0.4) is 0 Å². The van der Waals surface area contributed by atoms with Crippen molar-refractivity contribution in [2.75, 3.05) is 18.5 Å². The van der Waals surface area contributed by atoms with Crippen molar-refractivity contribution < 1.29 is 5.11 Å². The van der Waals surface area contributed by atoms with Crippen LogP contribution in [0.2, 0.25) is 0 Å². The second-order valence-corrected chi connectivity index (χ2v) is 9.14. The van der Waals surface area contributed by atoms with Gasteiger partial charge in [-0.15, -0.1) is 0 Å². The average molecular weight is 418 g/mol. The quantitative estimate of drug-likeness (QED) is 0.197. The Kier molecular flexibility index (Phi) is 17.9. The van der Waals surface area contributed by atoms with Crippen molar-refractivity contribution in [3.63, 3.8) is 0 Å². The van der Waals surface area contributed by atoms with Crippen LogP contribution in [0, 0.1) is 0 Å². The summed E-state index contributed by atoms with van der Waals surface area (Å²) in [5.41, 5.74) is 4.13. The number of hydrogen-bond donors (Lipinski definition) is 2. The number of rotatable bonds is 21. The normalized spacial score (nSPS) is 11.2. The molecule has 0 bridgehead atoms. The van der Waals surface area contributed by atoms with Gasteiger partial charge in [0.2, 0.25) is 0 Å². The van der Waals surface area contributed by atoms with Gasteiger partial charge in [0, 0.05) is 12.2 Å². The summed E-state index contributed by atoms with van der Waals surface area (Å²) in [7, 11) is 0. The lowest BCUT2D eigenvalue weighted by atomic mass is 9.98. The largest absolute Gasteiger partial charge is 0.395 e. The van der Waals surface area contributed by atoms with E-state index in [1.807, 2.05) is 0 Å². The van der Waals surface area contributed by atoms with Crippen LogP contribution in [-0.4, -0.2) is 18.3 Å². The van der Waals surface area contributed by atoms with E-state index in [2.05, 4.69) is 37.4 Å². The summed E-state index contributed by atoms with van der Waals surface area (Å²) < 4.78 is 0. The summed E-state index contributed by atoms with van der Waals surface area (Å²) >= 11 is 0. The minimum atomic E-state index is 0.190. The van der Waals surface area contributed by atoms with Gasteiger partial charge in [0.1, 0.15) is 0 Å². The predicted molar refractivity (Wildman–Crippen MR) is 135 cm³/mol. The molecule has 0 aliphatic carbocycles. The van der Waals surface area contributed by atoms with Crippen molar-refractivity contribution in [1.29, 1.82) is 0 Å². The molecule has 0 fully saturated rings. The molecule has 0 amide bonds. The summed E-state index contributed by atoms with van der Waals surface area (Å²) in [4.78, 5) is 0. The van der Waals surface area contributed by atoms with Gasteiger partial charge in [-0.3, -0.25) is 0 Å². The molecule has 0 aliphatic rings. The molecule has 0 radical (unpaired) electrons. The minimum Gasteiger partial charge on any atom is -0.395 e. The Morgan fingerprint density at radius 1 is 0.567 bits per heavy atom. The fraction of sp³-hybridized carbons (Fsp3) is 0.786. The standard InChI is InChI=1S/C28H51NO/c1-3-5-7-9-11-13-15-17-19-26-23-27(25-28(24-26)29-21-22-30)20-18-16-14-12-10-8-6-4-2/h23-25,29-30H,3-22H2,1-2H3. The second-order valence-electron chi connectivity index (χ2n) is 9.14. The number of anilines is 1. The van der Waals surface area contributed by atoms with Crippen LogP contribution >= 0.6 is 0 Å². The van der Waals surface area contributed by atoms with E-state index in [0.29, 0.717) is 6.54 Å². The van der Waals surface area contributed by atoms with Crippen LogP contribution in [0.5, 0.6) is 0 Å². The molecule has 174 valence electrons. The third kappa shape index (κ3) is 14.9. The van der Waals surface area contributed by atoms with Gasteiger partial charge in [-0.1, -0.05) is 110 Å². The highest BCUT2D eigenvalue weighted by Gasteiger charge is 2.03. The number of aryl methyl sites for hydroxylation is 2. The molecule has 2 heteroatoms. The van der Waals surface area contributed by atoms with Crippen molar-refractivity contribution >= 4 is 5.69 Å². The van der Waals surface area contributed by atoms with E-state index in [1.54, 1.807) is 0 Å². The van der Waals surface area contributed by atoms with E-state index < -0.39 is 0 Å². The maximum Gasteiger partial charge on any atom is 0.0604 e. The predicted octanol–water partition coefficient (Wildman–Crippen LogP) is 8.46. The molecule has 30 heavy (non-hydrogen) atoms. The Morgan fingerprint density at radius 3 is 1.37 bits per heavy atom. The third-order valence-corrected chi connectivity index (χ3v) is 6.13. The van der Waals surface area contributed by atoms with Crippen LogP contribution in [0.1, 0.15) is 128 Å². The van der Waals surface area contributed by atoms with Crippen LogP contribution in [0.15, 0.2) is 18.2 Å². The van der Waals surface area contributed by atoms with Crippen molar-refractivity contribution in [1.82, 2.24) is 0 Å². The molecule has 2 nitrogen and oxygen atoms in total. The zero-order valence-corrected chi connectivity index (χ0v) is 20.3. The molecule has 0 atom stereocenters. The number of aliphatic hydroxyl groups is 1. The summed E-state index contributed by atoms with van der Waals surface area (Å²) in [5.74, 6) is 0. The Balaban J connectivity index is 2.34. The monoisotopic (exact) mass is 417 g/mol. The summed E-state index contributed by atoms with van der Waals surface area (Å²) in [6.45, 7) is 5.40. The number of nitrogens with one attached hydrogen (secondary N) is 1. The van der Waals surface area contributed by atoms with Gasteiger partial charge in [0.25, 0.3) is 0 Å². The van der Waals surface area contributed by atoms with E-state index in [1.165, 1.54) is 132 Å². The smallest absolute Gasteiger partial charge is 0.0604 e. The molecule has 0 aliphatic heterocycles. The number of unbranched alkanes of at least 4 members (excludes halogenated alkanes) is 14. The van der Waals surface area contributed by atoms with Gasteiger partial charge in [0.05, 0.1) is 6.61 Å². The first-order chi connectivity index (χ1) is 14.8. The Morgan fingerprint density at radius 2 is 0.967 bits per heavy atom. The van der Waals surface area contributed by atoms with Crippen molar-refractivity contribution in [2.45, 2.75) is 129 Å². The summed E-state index contributed by atoms with van der Waals surface area (Å²) in [5, 5.41) is 12.5. The molecule has 0 saturated carbocycles. The van der Waals surface area contributed by atoms with E-state index in [0.717, 1.165) is 0 Å². The van der Waals surface area contributed by atoms with Crippen LogP contribution in [-0.2, 0) is 12.8 Å². The number of hydrogen-bond acceptors (Lipinski definition) is 2. The van der Waals surface area contributed by atoms with Crippen molar-refractivity contribution in [3.05, 3.63) is 29.3 Å². The molecular formula is C28H51NO. The van der Waals surface area contributed by atoms with Crippen LogP contribution in [0.4, 0.5) is 5.69 Å². The molecule has 0 spiro atoms. The maximum absolute atomic E-state index is 9.16. The van der Waals surface area contributed by atoms with Gasteiger partial charge < -0.3 is 10.4 Å². The Hall–Kier alpha value is -1.02. The minimum absolute atomic E-state index is 0.190. The molecule has 1 aromatic carbocycles. The average Bonchev–Trinajstić information content (AvgIpc) is 2.76. The van der Waals surface area contributed by atoms with Crippen LogP contribution < -0.4 is 5.32 Å². The summed E-state index contributed by atoms with van der Waals surface area (Å²) in [6.07, 6.45) is 24.4. The Labute approximate surface area is 188 Å². The van der Waals surface area contributed by atoms with E-state index in [9.17, 15) is 0 Å². The van der Waals surface area contributed by atoms with Gasteiger partial charge in [-0.05, 0) is 48.9 Å². The first-order valence-electron chi connectivity index (χ1n) is 13.3. The molecule has 2 N–H and O–H groups in total. The van der Waals surface area contributed by atoms with Crippen LogP contribution in [0.25, 0.3) is 0 Å². The topological polar surface area (TPSA) is 32.3 Å². The van der Waals surface area contributed by atoms with E-state index in [4.69, 9.17) is 5.11 Å². The first kappa shape index (κ1) is 27.0. The van der Waals surface area contributed by atoms with E-state index >= 15 is 0 Å². The SMILES string of the molecule is CCCCCCCCCCc1cc(CCCCCCCCCC)cc(NCCO)c1. The highest BCUT2D eigenvalue weighted by atomic mass is 16.3. The lowest BCUT2D eigenvalue weighted by Crippen LogP contribution is -2.06. The van der Waals surface area contributed by atoms with Gasteiger partial charge in [-0.25, -0.2) is 0 Å². The molecular weight excluding hydrogens is 366 g/mol. The van der Waals surface area contributed by atoms with Gasteiger partial charge in [-0.2, -0.15) is 0 Å². The zero-order valence-electron chi connectivity index (χ0n) is 20.3. The molecule has 0 heterocycles. The zero-order chi connectivity index (χ0) is 21.7. The highest BCUT2D eigenvalue weighted by Crippen LogP contribution is 2.20. The first-order valence-corrected chi connectivity index (χ1v) is 13.3. The van der Waals surface area contributed by atoms with E-state index in [-0.39, 0.29) is 6.61 Å². The highest BCUT2D eigenvalue weighted by molar-refractivity contribution is 5.49. The lowest BCUT2D eigenvalue weighted by molar-refractivity contribution is 0.311. The van der Waals surface area contributed by atoms with Gasteiger partial charge in [0.15, 0.2) is 0 Å². The number of aliphatic hydroxyl groups excluding tert-OH is 1.